The Hall–Kier alpha value is -1.36. The van der Waals surface area contributed by atoms with E-state index >= 15 is 0 Å². The number of hydrogen-bond acceptors (Lipinski definition) is 3. The fourth-order valence-electron chi connectivity index (χ4n) is 2.53. The molecule has 0 atom stereocenters. The SMILES string of the molecule is COC1(c2ncc(C(=O)O)[nH]2)CCC(C)(C)CC1. The molecular weight excluding hydrogens is 232 g/mol. The molecular formula is C13H20N2O3. The van der Waals surface area contributed by atoms with E-state index in [0.717, 1.165) is 25.7 Å². The van der Waals surface area contributed by atoms with Gasteiger partial charge in [0.25, 0.3) is 0 Å². The molecule has 1 aliphatic rings. The highest BCUT2D eigenvalue weighted by Crippen LogP contribution is 2.46. The molecule has 1 aromatic heterocycles. The molecule has 1 aromatic rings. The molecule has 0 amide bonds. The van der Waals surface area contributed by atoms with Crippen LogP contribution >= 0.6 is 0 Å². The average Bonchev–Trinajstić information content (AvgIpc) is 2.80. The van der Waals surface area contributed by atoms with Crippen LogP contribution in [-0.4, -0.2) is 28.2 Å². The van der Waals surface area contributed by atoms with Crippen LogP contribution in [0, 0.1) is 5.41 Å². The predicted molar refractivity (Wildman–Crippen MR) is 66.5 cm³/mol. The Labute approximate surface area is 107 Å². The number of nitrogens with zero attached hydrogens (tertiary/aromatic N) is 1. The summed E-state index contributed by atoms with van der Waals surface area (Å²) in [6, 6.07) is 0. The van der Waals surface area contributed by atoms with E-state index < -0.39 is 11.6 Å². The Morgan fingerprint density at radius 1 is 1.39 bits per heavy atom. The summed E-state index contributed by atoms with van der Waals surface area (Å²) in [5.41, 5.74) is -0.0146. The van der Waals surface area contributed by atoms with Crippen LogP contribution in [0.15, 0.2) is 6.20 Å². The van der Waals surface area contributed by atoms with Gasteiger partial charge in [-0.25, -0.2) is 9.78 Å². The summed E-state index contributed by atoms with van der Waals surface area (Å²) >= 11 is 0. The van der Waals surface area contributed by atoms with Crippen LogP contribution in [0.2, 0.25) is 0 Å². The number of imidazole rings is 1. The molecule has 1 fully saturated rings. The Kier molecular flexibility index (Phi) is 3.19. The normalized spacial score (nSPS) is 21.7. The Bertz CT molecular complexity index is 441. The number of aromatic carboxylic acids is 1. The van der Waals surface area contributed by atoms with Gasteiger partial charge in [-0.2, -0.15) is 0 Å². The number of methoxy groups -OCH3 is 1. The van der Waals surface area contributed by atoms with Gasteiger partial charge in [-0.05, 0) is 31.1 Å². The van der Waals surface area contributed by atoms with Gasteiger partial charge >= 0.3 is 5.97 Å². The fourth-order valence-corrected chi connectivity index (χ4v) is 2.53. The average molecular weight is 252 g/mol. The molecule has 0 saturated heterocycles. The van der Waals surface area contributed by atoms with Crippen molar-refractivity contribution in [3.63, 3.8) is 0 Å². The minimum Gasteiger partial charge on any atom is -0.477 e. The van der Waals surface area contributed by atoms with Crippen molar-refractivity contribution in [1.82, 2.24) is 9.97 Å². The van der Waals surface area contributed by atoms with Crippen molar-refractivity contribution in [1.29, 1.82) is 0 Å². The molecule has 2 rings (SSSR count). The predicted octanol–water partition coefficient (Wildman–Crippen LogP) is 2.55. The second-order valence-corrected chi connectivity index (χ2v) is 5.81. The number of rotatable bonds is 3. The highest BCUT2D eigenvalue weighted by atomic mass is 16.5. The lowest BCUT2D eigenvalue weighted by Crippen LogP contribution is -2.37. The number of nitrogens with one attached hydrogen (secondary N) is 1. The summed E-state index contributed by atoms with van der Waals surface area (Å²) < 4.78 is 5.66. The zero-order chi connectivity index (χ0) is 13.4. The van der Waals surface area contributed by atoms with Crippen LogP contribution in [0.1, 0.15) is 55.8 Å². The topological polar surface area (TPSA) is 75.2 Å². The lowest BCUT2D eigenvalue weighted by Gasteiger charge is -2.41. The van der Waals surface area contributed by atoms with Crippen LogP contribution in [0.25, 0.3) is 0 Å². The summed E-state index contributed by atoms with van der Waals surface area (Å²) in [6.07, 6.45) is 5.18. The van der Waals surface area contributed by atoms with E-state index in [0.29, 0.717) is 11.2 Å². The number of carboxylic acids is 1. The van der Waals surface area contributed by atoms with Crippen molar-refractivity contribution >= 4 is 5.97 Å². The molecule has 1 saturated carbocycles. The van der Waals surface area contributed by atoms with Crippen LogP contribution in [-0.2, 0) is 10.3 Å². The summed E-state index contributed by atoms with van der Waals surface area (Å²) in [4.78, 5) is 17.9. The first kappa shape index (κ1) is 13.1. The Morgan fingerprint density at radius 2 is 2.00 bits per heavy atom. The van der Waals surface area contributed by atoms with Crippen LogP contribution < -0.4 is 0 Å². The van der Waals surface area contributed by atoms with Crippen molar-refractivity contribution in [2.75, 3.05) is 7.11 Å². The number of aromatic amines is 1. The van der Waals surface area contributed by atoms with E-state index in [9.17, 15) is 4.79 Å². The molecule has 0 aromatic carbocycles. The maximum Gasteiger partial charge on any atom is 0.353 e. The monoisotopic (exact) mass is 252 g/mol. The van der Waals surface area contributed by atoms with Gasteiger partial charge in [0, 0.05) is 7.11 Å². The smallest absolute Gasteiger partial charge is 0.353 e. The van der Waals surface area contributed by atoms with Crippen molar-refractivity contribution in [2.45, 2.75) is 45.1 Å². The quantitative estimate of drug-likeness (QED) is 0.866. The molecule has 1 heterocycles. The number of carboxylic acid groups (broad SMARTS) is 1. The van der Waals surface area contributed by atoms with Gasteiger partial charge in [0.1, 0.15) is 17.1 Å². The molecule has 5 heteroatoms. The van der Waals surface area contributed by atoms with Crippen LogP contribution in [0.4, 0.5) is 0 Å². The number of H-pyrrole nitrogens is 1. The first-order valence-electron chi connectivity index (χ1n) is 6.22. The van der Waals surface area contributed by atoms with Crippen LogP contribution in [0.5, 0.6) is 0 Å². The molecule has 0 unspecified atom stereocenters. The number of carbonyl (C=O) groups is 1. The van der Waals surface area contributed by atoms with Crippen molar-refractivity contribution in [3.05, 3.63) is 17.7 Å². The van der Waals surface area contributed by atoms with Gasteiger partial charge in [-0.3, -0.25) is 0 Å². The molecule has 18 heavy (non-hydrogen) atoms. The minimum absolute atomic E-state index is 0.117. The summed E-state index contributed by atoms with van der Waals surface area (Å²) in [5.74, 6) is -0.353. The number of hydrogen-bond donors (Lipinski definition) is 2. The molecule has 0 radical (unpaired) electrons. The highest BCUT2D eigenvalue weighted by Gasteiger charge is 2.42. The van der Waals surface area contributed by atoms with Gasteiger partial charge in [0.15, 0.2) is 0 Å². The third-order valence-electron chi connectivity index (χ3n) is 4.04. The fraction of sp³-hybridized carbons (Fsp3) is 0.692. The van der Waals surface area contributed by atoms with E-state index in [2.05, 4.69) is 23.8 Å². The van der Waals surface area contributed by atoms with E-state index in [1.54, 1.807) is 7.11 Å². The van der Waals surface area contributed by atoms with Gasteiger partial charge in [-0.1, -0.05) is 13.8 Å². The van der Waals surface area contributed by atoms with Crippen molar-refractivity contribution in [3.8, 4) is 0 Å². The third kappa shape index (κ3) is 2.27. The van der Waals surface area contributed by atoms with Crippen LogP contribution in [0.3, 0.4) is 0 Å². The molecule has 2 N–H and O–H groups in total. The van der Waals surface area contributed by atoms with E-state index in [1.165, 1.54) is 6.20 Å². The highest BCUT2D eigenvalue weighted by molar-refractivity contribution is 5.85. The van der Waals surface area contributed by atoms with E-state index in [-0.39, 0.29) is 5.69 Å². The van der Waals surface area contributed by atoms with Gasteiger partial charge < -0.3 is 14.8 Å². The van der Waals surface area contributed by atoms with Gasteiger partial charge in [0.2, 0.25) is 0 Å². The Balaban J connectivity index is 2.25. The number of aromatic nitrogens is 2. The zero-order valence-electron chi connectivity index (χ0n) is 11.1. The van der Waals surface area contributed by atoms with Crippen molar-refractivity contribution in [2.24, 2.45) is 5.41 Å². The lowest BCUT2D eigenvalue weighted by molar-refractivity contribution is -0.0724. The first-order valence-corrected chi connectivity index (χ1v) is 6.22. The largest absolute Gasteiger partial charge is 0.477 e. The Morgan fingerprint density at radius 3 is 2.44 bits per heavy atom. The minimum atomic E-state index is -0.990. The molecule has 0 spiro atoms. The lowest BCUT2D eigenvalue weighted by atomic mass is 9.70. The summed E-state index contributed by atoms with van der Waals surface area (Å²) in [7, 11) is 1.67. The first-order chi connectivity index (χ1) is 8.38. The van der Waals surface area contributed by atoms with E-state index in [4.69, 9.17) is 9.84 Å². The maximum absolute atomic E-state index is 10.9. The van der Waals surface area contributed by atoms with Gasteiger partial charge in [-0.15, -0.1) is 0 Å². The molecule has 5 nitrogen and oxygen atoms in total. The third-order valence-corrected chi connectivity index (χ3v) is 4.04. The standard InChI is InChI=1S/C13H20N2O3/c1-12(2)4-6-13(18-3,7-5-12)11-14-8-9(15-11)10(16)17/h8H,4-7H2,1-3H3,(H,14,15)(H,16,17). The molecule has 0 aliphatic heterocycles. The molecule has 100 valence electrons. The maximum atomic E-state index is 10.9. The van der Waals surface area contributed by atoms with Crippen molar-refractivity contribution < 1.29 is 14.6 Å². The molecule has 1 aliphatic carbocycles. The molecule has 0 bridgehead atoms. The van der Waals surface area contributed by atoms with E-state index in [1.807, 2.05) is 0 Å². The summed E-state index contributed by atoms with van der Waals surface area (Å²) in [6.45, 7) is 4.49. The second kappa shape index (κ2) is 4.39. The second-order valence-electron chi connectivity index (χ2n) is 5.81. The zero-order valence-corrected chi connectivity index (χ0v) is 11.1. The van der Waals surface area contributed by atoms with Gasteiger partial charge in [0.05, 0.1) is 6.20 Å². The summed E-state index contributed by atoms with van der Waals surface area (Å²) in [5, 5.41) is 8.92. The number of ether oxygens (including phenoxy) is 1.